The summed E-state index contributed by atoms with van der Waals surface area (Å²) in [5.41, 5.74) is 1.87. The van der Waals surface area contributed by atoms with Crippen molar-refractivity contribution >= 4 is 34.9 Å². The predicted octanol–water partition coefficient (Wildman–Crippen LogP) is 5.17. The van der Waals surface area contributed by atoms with E-state index in [1.54, 1.807) is 36.7 Å². The molecule has 0 saturated heterocycles. The number of ether oxygens (including phenoxy) is 1. The molecule has 12 heteroatoms. The zero-order valence-electron chi connectivity index (χ0n) is 20.1. The number of carbonyl (C=O) groups is 1. The molecule has 0 radical (unpaired) electrons. The summed E-state index contributed by atoms with van der Waals surface area (Å²) in [4.78, 5) is 27.8. The van der Waals surface area contributed by atoms with Gasteiger partial charge in [0, 0.05) is 30.4 Å². The highest BCUT2D eigenvalue weighted by Crippen LogP contribution is 2.25. The van der Waals surface area contributed by atoms with Gasteiger partial charge in [-0.25, -0.2) is 9.97 Å². The van der Waals surface area contributed by atoms with Crippen molar-refractivity contribution in [3.05, 3.63) is 53.4 Å². The molecule has 0 fully saturated rings. The molecule has 35 heavy (non-hydrogen) atoms. The number of amides is 1. The van der Waals surface area contributed by atoms with Gasteiger partial charge in [0.15, 0.2) is 5.01 Å². The summed E-state index contributed by atoms with van der Waals surface area (Å²) in [6.07, 6.45) is 5.91. The van der Waals surface area contributed by atoms with Crippen molar-refractivity contribution in [2.45, 2.75) is 32.6 Å². The number of rotatable bonds is 11. The van der Waals surface area contributed by atoms with Crippen LogP contribution in [-0.4, -0.2) is 58.8 Å². The number of alkyl halides is 2. The Hall–Kier alpha value is -2.83. The average molecular weight is 525 g/mol. The number of nitrogens with zero attached hydrogens (tertiary/aromatic N) is 4. The van der Waals surface area contributed by atoms with Gasteiger partial charge in [-0.05, 0) is 51.7 Å². The first-order chi connectivity index (χ1) is 16.8. The van der Waals surface area contributed by atoms with E-state index < -0.39 is 5.76 Å². The SMILES string of the molecule is CCCN(C)C.CCOc1cncc(-c2cnc(C(=O)NCc3cccc(NSC(F)F)c3)s2)n1. The fourth-order valence-electron chi connectivity index (χ4n) is 2.74. The Morgan fingerprint density at radius 3 is 2.69 bits per heavy atom. The number of halogens is 2. The summed E-state index contributed by atoms with van der Waals surface area (Å²) >= 11 is 1.51. The fraction of sp³-hybridized carbons (Fsp3) is 0.391. The van der Waals surface area contributed by atoms with E-state index in [-0.39, 0.29) is 17.5 Å². The molecule has 0 saturated carbocycles. The van der Waals surface area contributed by atoms with Crippen LogP contribution >= 0.6 is 23.3 Å². The molecule has 1 aromatic carbocycles. The highest BCUT2D eigenvalue weighted by atomic mass is 32.2. The van der Waals surface area contributed by atoms with Gasteiger partial charge in [-0.1, -0.05) is 19.1 Å². The standard InChI is InChI=1S/C18H17F2N5O2S2.C5H13N/c1-2-27-15-10-21-8-13(24-15)14-9-23-17(28-14)16(26)22-7-11-4-3-5-12(6-11)25-29-18(19)20;1-4-5-6(2)3/h3-6,8-10,18,25H,2,7H2,1H3,(H,22,26);4-5H2,1-3H3. The number of anilines is 1. The minimum Gasteiger partial charge on any atom is -0.477 e. The second kappa shape index (κ2) is 15.2. The van der Waals surface area contributed by atoms with Gasteiger partial charge in [-0.15, -0.1) is 11.3 Å². The van der Waals surface area contributed by atoms with Gasteiger partial charge < -0.3 is 19.7 Å². The first kappa shape index (κ1) is 28.4. The van der Waals surface area contributed by atoms with E-state index in [4.69, 9.17) is 4.74 Å². The minimum atomic E-state index is -2.52. The quantitative estimate of drug-likeness (QED) is 0.332. The van der Waals surface area contributed by atoms with Gasteiger partial charge in [-0.3, -0.25) is 9.78 Å². The van der Waals surface area contributed by atoms with Crippen molar-refractivity contribution in [3.63, 3.8) is 0 Å². The summed E-state index contributed by atoms with van der Waals surface area (Å²) in [5, 5.41) is 3.05. The molecule has 0 spiro atoms. The number of thiazole rings is 1. The van der Waals surface area contributed by atoms with Crippen LogP contribution in [-0.2, 0) is 6.54 Å². The van der Waals surface area contributed by atoms with Crippen molar-refractivity contribution in [1.29, 1.82) is 0 Å². The molecule has 8 nitrogen and oxygen atoms in total. The maximum absolute atomic E-state index is 12.4. The van der Waals surface area contributed by atoms with Crippen molar-refractivity contribution < 1.29 is 18.3 Å². The topological polar surface area (TPSA) is 92.3 Å². The first-order valence-electron chi connectivity index (χ1n) is 10.9. The van der Waals surface area contributed by atoms with Crippen LogP contribution in [0.3, 0.4) is 0 Å². The monoisotopic (exact) mass is 524 g/mol. The lowest BCUT2D eigenvalue weighted by molar-refractivity contribution is 0.0950. The van der Waals surface area contributed by atoms with Crippen LogP contribution in [0.5, 0.6) is 5.88 Å². The second-order valence-electron chi connectivity index (χ2n) is 7.37. The van der Waals surface area contributed by atoms with E-state index in [1.807, 2.05) is 6.92 Å². The minimum absolute atomic E-state index is 0.238. The van der Waals surface area contributed by atoms with Crippen LogP contribution in [0.15, 0.2) is 42.9 Å². The summed E-state index contributed by atoms with van der Waals surface area (Å²) in [6, 6.07) is 6.88. The zero-order chi connectivity index (χ0) is 25.6. The number of carbonyl (C=O) groups excluding carboxylic acids is 1. The van der Waals surface area contributed by atoms with Crippen molar-refractivity contribution in [2.75, 3.05) is 32.0 Å². The van der Waals surface area contributed by atoms with Crippen molar-refractivity contribution in [3.8, 4) is 16.5 Å². The van der Waals surface area contributed by atoms with Gasteiger partial charge in [0.05, 0.1) is 23.9 Å². The molecule has 3 aromatic rings. The largest absolute Gasteiger partial charge is 0.477 e. The van der Waals surface area contributed by atoms with Crippen LogP contribution in [0.4, 0.5) is 14.5 Å². The van der Waals surface area contributed by atoms with Crippen LogP contribution < -0.4 is 14.8 Å². The van der Waals surface area contributed by atoms with E-state index in [1.165, 1.54) is 30.5 Å². The van der Waals surface area contributed by atoms with Crippen LogP contribution in [0.1, 0.15) is 35.6 Å². The van der Waals surface area contributed by atoms with Gasteiger partial charge in [0.1, 0.15) is 5.69 Å². The molecule has 0 atom stereocenters. The molecular formula is C23H30F2N6O2S2. The highest BCUT2D eigenvalue weighted by molar-refractivity contribution is 8.00. The Balaban J connectivity index is 0.000000641. The van der Waals surface area contributed by atoms with Crippen LogP contribution in [0, 0.1) is 0 Å². The predicted molar refractivity (Wildman–Crippen MR) is 138 cm³/mol. The highest BCUT2D eigenvalue weighted by Gasteiger charge is 2.14. The zero-order valence-corrected chi connectivity index (χ0v) is 21.8. The van der Waals surface area contributed by atoms with Gasteiger partial charge >= 0.3 is 5.76 Å². The molecule has 190 valence electrons. The summed E-state index contributed by atoms with van der Waals surface area (Å²) in [6.45, 7) is 5.96. The molecule has 0 bridgehead atoms. The molecular weight excluding hydrogens is 494 g/mol. The smallest absolute Gasteiger partial charge is 0.302 e. The number of hydrogen-bond donors (Lipinski definition) is 2. The lowest BCUT2D eigenvalue weighted by Crippen LogP contribution is -2.22. The third-order valence-corrected chi connectivity index (χ3v) is 5.72. The Morgan fingerprint density at radius 1 is 1.23 bits per heavy atom. The molecule has 0 unspecified atom stereocenters. The van der Waals surface area contributed by atoms with Crippen LogP contribution in [0.2, 0.25) is 0 Å². The maximum Gasteiger partial charge on any atom is 0.302 e. The third-order valence-electron chi connectivity index (χ3n) is 4.17. The summed E-state index contributed by atoms with van der Waals surface area (Å²) < 4.78 is 32.4. The second-order valence-corrected chi connectivity index (χ2v) is 9.20. The number of nitrogens with one attached hydrogen (secondary N) is 2. The van der Waals surface area contributed by atoms with E-state index in [0.717, 1.165) is 5.56 Å². The molecule has 3 rings (SSSR count). The summed E-state index contributed by atoms with van der Waals surface area (Å²) in [7, 11) is 4.17. The lowest BCUT2D eigenvalue weighted by atomic mass is 10.2. The maximum atomic E-state index is 12.4. The molecule has 2 aromatic heterocycles. The van der Waals surface area contributed by atoms with Crippen LogP contribution in [0.25, 0.3) is 10.6 Å². The fourth-order valence-corrected chi connectivity index (χ4v) is 3.88. The molecule has 2 N–H and O–H groups in total. The van der Waals surface area contributed by atoms with E-state index in [0.29, 0.717) is 40.7 Å². The number of hydrogen-bond acceptors (Lipinski definition) is 9. The third kappa shape index (κ3) is 10.5. The van der Waals surface area contributed by atoms with Gasteiger partial charge in [0.2, 0.25) is 5.88 Å². The summed E-state index contributed by atoms with van der Waals surface area (Å²) in [5.74, 6) is -2.45. The Bertz CT molecular complexity index is 1050. The Kier molecular flexibility index (Phi) is 12.4. The molecule has 1 amide bonds. The Morgan fingerprint density at radius 2 is 2.03 bits per heavy atom. The Labute approximate surface area is 212 Å². The van der Waals surface area contributed by atoms with E-state index in [9.17, 15) is 13.6 Å². The lowest BCUT2D eigenvalue weighted by Gasteiger charge is -2.07. The van der Waals surface area contributed by atoms with Crippen molar-refractivity contribution in [2.24, 2.45) is 0 Å². The van der Waals surface area contributed by atoms with Gasteiger partial charge in [-0.2, -0.15) is 8.78 Å². The normalized spacial score (nSPS) is 10.6. The molecule has 0 aliphatic rings. The average Bonchev–Trinajstić information content (AvgIpc) is 3.33. The van der Waals surface area contributed by atoms with Gasteiger partial charge in [0.25, 0.3) is 5.91 Å². The molecule has 2 heterocycles. The molecule has 0 aliphatic carbocycles. The van der Waals surface area contributed by atoms with E-state index >= 15 is 0 Å². The first-order valence-corrected chi connectivity index (χ1v) is 12.6. The van der Waals surface area contributed by atoms with Crippen molar-refractivity contribution in [1.82, 2.24) is 25.2 Å². The molecule has 0 aliphatic heterocycles. The van der Waals surface area contributed by atoms with E-state index in [2.05, 4.69) is 50.9 Å². The number of benzene rings is 1. The number of aromatic nitrogens is 3.